The van der Waals surface area contributed by atoms with Crippen LogP contribution in [0.15, 0.2) is 6.07 Å². The number of aromatic nitrogens is 1. The Hall–Kier alpha value is -1.05. The van der Waals surface area contributed by atoms with E-state index in [0.717, 1.165) is 17.1 Å². The molecule has 0 spiro atoms. The number of pyridine rings is 1. The van der Waals surface area contributed by atoms with Crippen molar-refractivity contribution in [1.29, 1.82) is 0 Å². The maximum atomic E-state index is 5.07. The van der Waals surface area contributed by atoms with Crippen LogP contribution in [0.3, 0.4) is 0 Å². The third kappa shape index (κ3) is 1.50. The summed E-state index contributed by atoms with van der Waals surface area (Å²) in [4.78, 5) is 4.27. The van der Waals surface area contributed by atoms with E-state index in [1.807, 2.05) is 13.8 Å². The van der Waals surface area contributed by atoms with Gasteiger partial charge in [-0.3, -0.25) is 0 Å². The van der Waals surface area contributed by atoms with Crippen LogP contribution in [0.4, 0.5) is 0 Å². The van der Waals surface area contributed by atoms with Gasteiger partial charge < -0.3 is 4.74 Å². The van der Waals surface area contributed by atoms with Crippen LogP contribution in [-0.2, 0) is 0 Å². The van der Waals surface area contributed by atoms with Gasteiger partial charge in [-0.2, -0.15) is 0 Å². The highest BCUT2D eigenvalue weighted by Gasteiger charge is 2.01. The molecule has 0 saturated carbocycles. The Balaban J connectivity index is 3.21. The van der Waals surface area contributed by atoms with Crippen molar-refractivity contribution < 1.29 is 4.74 Å². The lowest BCUT2D eigenvalue weighted by Crippen LogP contribution is -1.95. The van der Waals surface area contributed by atoms with Crippen LogP contribution in [0.5, 0.6) is 5.88 Å². The molecule has 0 unspecified atom stereocenters. The van der Waals surface area contributed by atoms with Gasteiger partial charge in [0.2, 0.25) is 5.88 Å². The molecule has 1 aromatic rings. The molecule has 1 rings (SSSR count). The second-order valence-corrected chi connectivity index (χ2v) is 2.72. The third-order valence-electron chi connectivity index (χ3n) is 1.80. The summed E-state index contributed by atoms with van der Waals surface area (Å²) in [5.74, 6) is 0.730. The highest BCUT2D eigenvalue weighted by molar-refractivity contribution is 5.31. The number of aryl methyl sites for hydroxylation is 3. The predicted molar refractivity (Wildman–Crippen MR) is 45.0 cm³/mol. The van der Waals surface area contributed by atoms with Crippen LogP contribution in [0, 0.1) is 20.8 Å². The highest BCUT2D eigenvalue weighted by atomic mass is 16.5. The van der Waals surface area contributed by atoms with E-state index in [4.69, 9.17) is 4.74 Å². The molecule has 1 aromatic heterocycles. The standard InChI is InChI=1S/C9H13NO/c1-6-5-7(2)9(11-4)10-8(6)3/h5H,1-4H3. The molecular formula is C9H13NO. The van der Waals surface area contributed by atoms with Crippen molar-refractivity contribution in [2.45, 2.75) is 20.8 Å². The highest BCUT2D eigenvalue weighted by Crippen LogP contribution is 2.16. The summed E-state index contributed by atoms with van der Waals surface area (Å²) in [6, 6.07) is 2.08. The van der Waals surface area contributed by atoms with E-state index in [1.54, 1.807) is 7.11 Å². The molecule has 2 nitrogen and oxygen atoms in total. The van der Waals surface area contributed by atoms with Gasteiger partial charge in [0.25, 0.3) is 0 Å². The largest absolute Gasteiger partial charge is 0.481 e. The van der Waals surface area contributed by atoms with Crippen LogP contribution in [0.1, 0.15) is 16.8 Å². The van der Waals surface area contributed by atoms with Gasteiger partial charge in [-0.15, -0.1) is 0 Å². The molecule has 11 heavy (non-hydrogen) atoms. The first-order valence-electron chi connectivity index (χ1n) is 3.64. The molecule has 0 aromatic carbocycles. The minimum Gasteiger partial charge on any atom is -0.481 e. The van der Waals surface area contributed by atoms with Crippen molar-refractivity contribution in [2.75, 3.05) is 7.11 Å². The SMILES string of the molecule is COc1nc(C)c(C)cc1C. The van der Waals surface area contributed by atoms with Crippen molar-refractivity contribution >= 4 is 0 Å². The quantitative estimate of drug-likeness (QED) is 0.612. The molecule has 0 aliphatic heterocycles. The second kappa shape index (κ2) is 2.91. The molecule has 0 amide bonds. The van der Waals surface area contributed by atoms with Crippen molar-refractivity contribution in [3.8, 4) is 5.88 Å². The van der Waals surface area contributed by atoms with Gasteiger partial charge in [0, 0.05) is 11.3 Å². The summed E-state index contributed by atoms with van der Waals surface area (Å²) in [7, 11) is 1.64. The molecule has 2 heteroatoms. The molecule has 60 valence electrons. The van der Waals surface area contributed by atoms with Gasteiger partial charge in [0.05, 0.1) is 7.11 Å². The van der Waals surface area contributed by atoms with Crippen LogP contribution in [0.25, 0.3) is 0 Å². The van der Waals surface area contributed by atoms with Crippen molar-refractivity contribution in [1.82, 2.24) is 4.98 Å². The summed E-state index contributed by atoms with van der Waals surface area (Å²) in [6.07, 6.45) is 0. The summed E-state index contributed by atoms with van der Waals surface area (Å²) in [5.41, 5.74) is 3.34. The van der Waals surface area contributed by atoms with E-state index in [2.05, 4.69) is 18.0 Å². The van der Waals surface area contributed by atoms with Gasteiger partial charge in [-0.1, -0.05) is 0 Å². The van der Waals surface area contributed by atoms with E-state index >= 15 is 0 Å². The minimum atomic E-state index is 0.730. The fourth-order valence-electron chi connectivity index (χ4n) is 1.03. The Morgan fingerprint density at radius 2 is 1.82 bits per heavy atom. The minimum absolute atomic E-state index is 0.730. The van der Waals surface area contributed by atoms with Crippen LogP contribution >= 0.6 is 0 Å². The first-order chi connectivity index (χ1) is 5.15. The molecular weight excluding hydrogens is 138 g/mol. The number of hydrogen-bond donors (Lipinski definition) is 0. The zero-order valence-electron chi connectivity index (χ0n) is 7.43. The monoisotopic (exact) mass is 151 g/mol. The van der Waals surface area contributed by atoms with E-state index in [0.29, 0.717) is 0 Å². The number of methoxy groups -OCH3 is 1. The molecule has 0 atom stereocenters. The maximum Gasteiger partial charge on any atom is 0.216 e. The average molecular weight is 151 g/mol. The van der Waals surface area contributed by atoms with Crippen LogP contribution in [-0.4, -0.2) is 12.1 Å². The predicted octanol–water partition coefficient (Wildman–Crippen LogP) is 2.02. The van der Waals surface area contributed by atoms with Gasteiger partial charge >= 0.3 is 0 Å². The zero-order valence-corrected chi connectivity index (χ0v) is 7.43. The Labute approximate surface area is 67.2 Å². The fourth-order valence-corrected chi connectivity index (χ4v) is 1.03. The molecule has 0 bridgehead atoms. The lowest BCUT2D eigenvalue weighted by molar-refractivity contribution is 0.393. The molecule has 0 N–H and O–H groups in total. The zero-order chi connectivity index (χ0) is 8.43. The van der Waals surface area contributed by atoms with E-state index in [1.165, 1.54) is 5.56 Å². The Morgan fingerprint density at radius 1 is 1.18 bits per heavy atom. The van der Waals surface area contributed by atoms with Crippen molar-refractivity contribution in [3.05, 3.63) is 22.9 Å². The average Bonchev–Trinajstić information content (AvgIpc) is 1.97. The fraction of sp³-hybridized carbons (Fsp3) is 0.444. The third-order valence-corrected chi connectivity index (χ3v) is 1.80. The summed E-state index contributed by atoms with van der Waals surface area (Å²) in [6.45, 7) is 6.03. The number of hydrogen-bond acceptors (Lipinski definition) is 2. The molecule has 0 saturated heterocycles. The van der Waals surface area contributed by atoms with Gasteiger partial charge in [0.15, 0.2) is 0 Å². The number of ether oxygens (including phenoxy) is 1. The Kier molecular flexibility index (Phi) is 2.13. The molecule has 0 fully saturated rings. The molecule has 0 radical (unpaired) electrons. The topological polar surface area (TPSA) is 22.1 Å². The number of nitrogens with zero attached hydrogens (tertiary/aromatic N) is 1. The van der Waals surface area contributed by atoms with E-state index in [9.17, 15) is 0 Å². The van der Waals surface area contributed by atoms with E-state index < -0.39 is 0 Å². The second-order valence-electron chi connectivity index (χ2n) is 2.72. The molecule has 0 aliphatic carbocycles. The Morgan fingerprint density at radius 3 is 2.36 bits per heavy atom. The lowest BCUT2D eigenvalue weighted by Gasteiger charge is -2.05. The number of rotatable bonds is 1. The molecule has 1 heterocycles. The van der Waals surface area contributed by atoms with Crippen LogP contribution < -0.4 is 4.74 Å². The summed E-state index contributed by atoms with van der Waals surface area (Å²) in [5, 5.41) is 0. The van der Waals surface area contributed by atoms with Gasteiger partial charge in [-0.05, 0) is 32.4 Å². The van der Waals surface area contributed by atoms with Gasteiger partial charge in [-0.25, -0.2) is 4.98 Å². The van der Waals surface area contributed by atoms with Gasteiger partial charge in [0.1, 0.15) is 0 Å². The first kappa shape index (κ1) is 8.05. The summed E-state index contributed by atoms with van der Waals surface area (Å²) < 4.78 is 5.07. The smallest absolute Gasteiger partial charge is 0.216 e. The van der Waals surface area contributed by atoms with Crippen molar-refractivity contribution in [3.63, 3.8) is 0 Å². The normalized spacial score (nSPS) is 9.82. The van der Waals surface area contributed by atoms with Crippen LogP contribution in [0.2, 0.25) is 0 Å². The van der Waals surface area contributed by atoms with Crippen molar-refractivity contribution in [2.24, 2.45) is 0 Å². The summed E-state index contributed by atoms with van der Waals surface area (Å²) >= 11 is 0. The molecule has 0 aliphatic rings. The maximum absolute atomic E-state index is 5.07. The Bertz CT molecular complexity index is 269. The first-order valence-corrected chi connectivity index (χ1v) is 3.64. The lowest BCUT2D eigenvalue weighted by atomic mass is 10.2. The van der Waals surface area contributed by atoms with E-state index in [-0.39, 0.29) is 0 Å².